The van der Waals surface area contributed by atoms with Gasteiger partial charge in [-0.25, -0.2) is 4.79 Å². The molecule has 2 saturated heterocycles. The standard InChI is InChI=1S/C17H21N3O3S/c1-10-2-3-12-11(8-10)9-13(24-12)14(21)20-6-4-17(5-7-20)15(22)18-16(23)19-17/h9-10H,2-8H2,1H3,(H2,18,19,22,23)/t10-/m1/s1. The van der Waals surface area contributed by atoms with Crippen molar-refractivity contribution in [3.05, 3.63) is 21.4 Å². The highest BCUT2D eigenvalue weighted by Gasteiger charge is 2.48. The second kappa shape index (κ2) is 5.58. The molecule has 3 aliphatic rings. The molecular formula is C17H21N3O3S. The van der Waals surface area contributed by atoms with E-state index in [1.165, 1.54) is 16.9 Å². The zero-order chi connectivity index (χ0) is 16.9. The Morgan fingerprint density at radius 3 is 2.75 bits per heavy atom. The molecule has 0 radical (unpaired) electrons. The molecule has 1 aliphatic carbocycles. The Morgan fingerprint density at radius 1 is 1.33 bits per heavy atom. The number of thiophene rings is 1. The normalized spacial score (nSPS) is 25.4. The fourth-order valence-corrected chi connectivity index (χ4v) is 5.12. The maximum absolute atomic E-state index is 12.8. The Kier molecular flexibility index (Phi) is 3.63. The van der Waals surface area contributed by atoms with E-state index < -0.39 is 11.6 Å². The number of fused-ring (bicyclic) bond motifs is 1. The predicted octanol–water partition coefficient (Wildman–Crippen LogP) is 1.69. The van der Waals surface area contributed by atoms with Crippen molar-refractivity contribution in [2.24, 2.45) is 5.92 Å². The number of aryl methyl sites for hydroxylation is 1. The van der Waals surface area contributed by atoms with Crippen molar-refractivity contribution in [1.29, 1.82) is 0 Å². The van der Waals surface area contributed by atoms with E-state index >= 15 is 0 Å². The summed E-state index contributed by atoms with van der Waals surface area (Å²) >= 11 is 1.62. The van der Waals surface area contributed by atoms with Crippen molar-refractivity contribution in [2.45, 2.75) is 44.6 Å². The van der Waals surface area contributed by atoms with Crippen LogP contribution in [0, 0.1) is 5.92 Å². The molecule has 0 saturated carbocycles. The van der Waals surface area contributed by atoms with Gasteiger partial charge in [-0.15, -0.1) is 11.3 Å². The van der Waals surface area contributed by atoms with Crippen molar-refractivity contribution in [3.63, 3.8) is 0 Å². The van der Waals surface area contributed by atoms with Gasteiger partial charge in [-0.1, -0.05) is 6.92 Å². The van der Waals surface area contributed by atoms with Gasteiger partial charge in [0, 0.05) is 18.0 Å². The summed E-state index contributed by atoms with van der Waals surface area (Å²) in [6, 6.07) is 1.63. The van der Waals surface area contributed by atoms with E-state index in [1.807, 2.05) is 4.90 Å². The average molecular weight is 347 g/mol. The number of nitrogens with one attached hydrogen (secondary N) is 2. The minimum atomic E-state index is -0.821. The molecule has 4 rings (SSSR count). The van der Waals surface area contributed by atoms with E-state index in [9.17, 15) is 14.4 Å². The van der Waals surface area contributed by atoms with Crippen LogP contribution in [0.1, 0.15) is 46.3 Å². The Balaban J connectivity index is 1.45. The Morgan fingerprint density at radius 2 is 2.08 bits per heavy atom. The largest absolute Gasteiger partial charge is 0.338 e. The lowest BCUT2D eigenvalue weighted by atomic mass is 9.87. The molecule has 1 aromatic rings. The number of urea groups is 1. The van der Waals surface area contributed by atoms with Crippen molar-refractivity contribution < 1.29 is 14.4 Å². The van der Waals surface area contributed by atoms with Crippen LogP contribution in [0.3, 0.4) is 0 Å². The van der Waals surface area contributed by atoms with Gasteiger partial charge in [0.25, 0.3) is 11.8 Å². The van der Waals surface area contributed by atoms with Crippen LogP contribution in [0.5, 0.6) is 0 Å². The van der Waals surface area contributed by atoms with Crippen LogP contribution in [0.2, 0.25) is 0 Å². The third-order valence-corrected chi connectivity index (χ3v) is 6.68. The number of carbonyl (C=O) groups excluding carboxylic acids is 3. The molecule has 2 fully saturated rings. The lowest BCUT2D eigenvalue weighted by Crippen LogP contribution is -2.55. The van der Waals surface area contributed by atoms with Crippen molar-refractivity contribution in [3.8, 4) is 0 Å². The molecule has 3 heterocycles. The van der Waals surface area contributed by atoms with Gasteiger partial charge in [-0.05, 0) is 49.7 Å². The Labute approximate surface area is 144 Å². The topological polar surface area (TPSA) is 78.5 Å². The van der Waals surface area contributed by atoms with E-state index in [-0.39, 0.29) is 11.8 Å². The molecule has 4 amide bonds. The first-order valence-electron chi connectivity index (χ1n) is 8.51. The number of carbonyl (C=O) groups is 3. The molecule has 0 aromatic carbocycles. The van der Waals surface area contributed by atoms with Crippen LogP contribution in [0.4, 0.5) is 4.79 Å². The molecule has 1 atom stereocenters. The van der Waals surface area contributed by atoms with Gasteiger partial charge in [-0.2, -0.15) is 0 Å². The van der Waals surface area contributed by atoms with E-state index in [2.05, 4.69) is 23.6 Å². The molecule has 7 heteroatoms. The van der Waals surface area contributed by atoms with Crippen LogP contribution >= 0.6 is 11.3 Å². The number of imide groups is 1. The van der Waals surface area contributed by atoms with Crippen molar-refractivity contribution >= 4 is 29.2 Å². The van der Waals surface area contributed by atoms with Gasteiger partial charge in [0.2, 0.25) is 0 Å². The van der Waals surface area contributed by atoms with E-state index in [4.69, 9.17) is 0 Å². The number of likely N-dealkylation sites (tertiary alicyclic amines) is 1. The number of hydrogen-bond donors (Lipinski definition) is 2. The number of nitrogens with zero attached hydrogens (tertiary/aromatic N) is 1. The smallest absolute Gasteiger partial charge is 0.322 e. The Bertz CT molecular complexity index is 719. The van der Waals surface area contributed by atoms with E-state index in [1.54, 1.807) is 11.3 Å². The summed E-state index contributed by atoms with van der Waals surface area (Å²) in [6.45, 7) is 3.24. The van der Waals surface area contributed by atoms with Gasteiger partial charge in [0.15, 0.2) is 0 Å². The first-order valence-corrected chi connectivity index (χ1v) is 9.33. The van der Waals surface area contributed by atoms with Gasteiger partial charge in [-0.3, -0.25) is 14.9 Å². The van der Waals surface area contributed by atoms with Gasteiger partial charge >= 0.3 is 6.03 Å². The maximum Gasteiger partial charge on any atom is 0.322 e. The second-order valence-corrected chi connectivity index (χ2v) is 8.33. The summed E-state index contributed by atoms with van der Waals surface area (Å²) in [6.07, 6.45) is 4.28. The molecule has 24 heavy (non-hydrogen) atoms. The molecule has 1 aromatic heterocycles. The third-order valence-electron chi connectivity index (χ3n) is 5.46. The van der Waals surface area contributed by atoms with Crippen LogP contribution in [0.25, 0.3) is 0 Å². The Hall–Kier alpha value is -1.89. The fraction of sp³-hybridized carbons (Fsp3) is 0.588. The summed E-state index contributed by atoms with van der Waals surface area (Å²) in [4.78, 5) is 40.1. The molecule has 128 valence electrons. The molecule has 6 nitrogen and oxygen atoms in total. The quantitative estimate of drug-likeness (QED) is 0.759. The molecule has 0 bridgehead atoms. The zero-order valence-electron chi connectivity index (χ0n) is 13.7. The van der Waals surface area contributed by atoms with Crippen LogP contribution in [0.15, 0.2) is 6.07 Å². The summed E-state index contributed by atoms with van der Waals surface area (Å²) in [5, 5.41) is 5.03. The first kappa shape index (κ1) is 15.6. The SMILES string of the molecule is C[C@@H]1CCc2sc(C(=O)N3CCC4(CC3)NC(=O)NC4=O)cc2C1. The number of rotatable bonds is 1. The minimum absolute atomic E-state index is 0.0571. The average Bonchev–Trinajstić information content (AvgIpc) is 3.08. The first-order chi connectivity index (χ1) is 11.5. The highest BCUT2D eigenvalue weighted by Crippen LogP contribution is 2.34. The number of hydrogen-bond acceptors (Lipinski definition) is 4. The minimum Gasteiger partial charge on any atom is -0.338 e. The molecule has 2 aliphatic heterocycles. The van der Waals surface area contributed by atoms with Crippen molar-refractivity contribution in [2.75, 3.05) is 13.1 Å². The molecular weight excluding hydrogens is 326 g/mol. The zero-order valence-corrected chi connectivity index (χ0v) is 14.5. The lowest BCUT2D eigenvalue weighted by molar-refractivity contribution is -0.125. The van der Waals surface area contributed by atoms with Crippen LogP contribution in [-0.2, 0) is 17.6 Å². The highest BCUT2D eigenvalue weighted by molar-refractivity contribution is 7.14. The number of amides is 4. The summed E-state index contributed by atoms with van der Waals surface area (Å²) < 4.78 is 0. The monoisotopic (exact) mass is 347 g/mol. The van der Waals surface area contributed by atoms with E-state index in [0.29, 0.717) is 31.8 Å². The van der Waals surface area contributed by atoms with Gasteiger partial charge < -0.3 is 10.2 Å². The van der Waals surface area contributed by atoms with Gasteiger partial charge in [0.05, 0.1) is 4.88 Å². The molecule has 2 N–H and O–H groups in total. The van der Waals surface area contributed by atoms with Gasteiger partial charge in [0.1, 0.15) is 5.54 Å². The third kappa shape index (κ3) is 2.51. The second-order valence-electron chi connectivity index (χ2n) is 7.19. The lowest BCUT2D eigenvalue weighted by Gasteiger charge is -2.36. The number of piperidine rings is 1. The summed E-state index contributed by atoms with van der Waals surface area (Å²) in [5.41, 5.74) is 0.510. The summed E-state index contributed by atoms with van der Waals surface area (Å²) in [7, 11) is 0. The van der Waals surface area contributed by atoms with Crippen LogP contribution in [-0.4, -0.2) is 41.4 Å². The molecule has 1 spiro atoms. The van der Waals surface area contributed by atoms with Crippen molar-refractivity contribution in [1.82, 2.24) is 15.5 Å². The highest BCUT2D eigenvalue weighted by atomic mass is 32.1. The summed E-state index contributed by atoms with van der Waals surface area (Å²) in [5.74, 6) is 0.483. The van der Waals surface area contributed by atoms with E-state index in [0.717, 1.165) is 17.7 Å². The maximum atomic E-state index is 12.8. The molecule has 0 unspecified atom stereocenters. The predicted molar refractivity (Wildman–Crippen MR) is 90.1 cm³/mol. The van der Waals surface area contributed by atoms with Crippen LogP contribution < -0.4 is 10.6 Å². The fourth-order valence-electron chi connectivity index (χ4n) is 3.94.